The molecular formula is C11H15N. The van der Waals surface area contributed by atoms with Crippen molar-refractivity contribution >= 4 is 6.08 Å². The molecule has 1 heteroatoms. The van der Waals surface area contributed by atoms with E-state index in [1.165, 1.54) is 5.56 Å². The molecule has 0 aliphatic heterocycles. The van der Waals surface area contributed by atoms with Gasteiger partial charge in [-0.05, 0) is 29.2 Å². The maximum absolute atomic E-state index is 4.15. The molecule has 1 aromatic heterocycles. The Morgan fingerprint density at radius 1 is 1.42 bits per heavy atom. The predicted octanol–water partition coefficient (Wildman–Crippen LogP) is 3.02. The van der Waals surface area contributed by atoms with Gasteiger partial charge in [0.25, 0.3) is 0 Å². The molecule has 0 saturated carbocycles. The SMILES string of the molecule is C=Cc1cc(C(C)(C)C)ccn1. The van der Waals surface area contributed by atoms with Gasteiger partial charge in [0.2, 0.25) is 0 Å². The molecule has 0 saturated heterocycles. The fourth-order valence-corrected chi connectivity index (χ4v) is 1.03. The molecule has 1 nitrogen and oxygen atoms in total. The van der Waals surface area contributed by atoms with Crippen molar-refractivity contribution in [1.82, 2.24) is 4.98 Å². The van der Waals surface area contributed by atoms with E-state index in [1.807, 2.05) is 12.3 Å². The molecular weight excluding hydrogens is 146 g/mol. The Bertz CT molecular complexity index is 281. The van der Waals surface area contributed by atoms with Gasteiger partial charge < -0.3 is 0 Å². The summed E-state index contributed by atoms with van der Waals surface area (Å²) in [5, 5.41) is 0. The molecule has 0 aliphatic carbocycles. The summed E-state index contributed by atoms with van der Waals surface area (Å²) in [6.45, 7) is 10.3. The fraction of sp³-hybridized carbons (Fsp3) is 0.364. The van der Waals surface area contributed by atoms with E-state index in [0.29, 0.717) is 0 Å². The summed E-state index contributed by atoms with van der Waals surface area (Å²) in [4.78, 5) is 4.15. The first-order valence-corrected chi connectivity index (χ1v) is 4.13. The zero-order valence-corrected chi connectivity index (χ0v) is 7.96. The third kappa shape index (κ3) is 1.94. The minimum absolute atomic E-state index is 0.195. The minimum Gasteiger partial charge on any atom is -0.257 e. The first-order chi connectivity index (χ1) is 5.54. The van der Waals surface area contributed by atoms with Crippen LogP contribution < -0.4 is 0 Å². The highest BCUT2D eigenvalue weighted by molar-refractivity contribution is 5.43. The Morgan fingerprint density at radius 3 is 2.58 bits per heavy atom. The summed E-state index contributed by atoms with van der Waals surface area (Å²) in [7, 11) is 0. The van der Waals surface area contributed by atoms with Crippen LogP contribution in [0.15, 0.2) is 24.9 Å². The van der Waals surface area contributed by atoms with Gasteiger partial charge in [0.15, 0.2) is 0 Å². The highest BCUT2D eigenvalue weighted by Gasteiger charge is 2.12. The Labute approximate surface area is 74.2 Å². The lowest BCUT2D eigenvalue weighted by Gasteiger charge is -2.18. The maximum atomic E-state index is 4.15. The highest BCUT2D eigenvalue weighted by atomic mass is 14.7. The van der Waals surface area contributed by atoms with Crippen molar-refractivity contribution in [1.29, 1.82) is 0 Å². The lowest BCUT2D eigenvalue weighted by molar-refractivity contribution is 0.589. The minimum atomic E-state index is 0.195. The molecule has 1 heterocycles. The van der Waals surface area contributed by atoms with E-state index < -0.39 is 0 Å². The van der Waals surface area contributed by atoms with Crippen molar-refractivity contribution in [2.24, 2.45) is 0 Å². The number of rotatable bonds is 1. The smallest absolute Gasteiger partial charge is 0.0626 e. The number of pyridine rings is 1. The summed E-state index contributed by atoms with van der Waals surface area (Å²) in [6, 6.07) is 4.12. The van der Waals surface area contributed by atoms with Gasteiger partial charge in [-0.2, -0.15) is 0 Å². The lowest BCUT2D eigenvalue weighted by atomic mass is 9.87. The van der Waals surface area contributed by atoms with Gasteiger partial charge in [-0.1, -0.05) is 27.4 Å². The van der Waals surface area contributed by atoms with E-state index in [1.54, 1.807) is 6.08 Å². The Kier molecular flexibility index (Phi) is 2.32. The third-order valence-corrected chi connectivity index (χ3v) is 1.86. The maximum Gasteiger partial charge on any atom is 0.0626 e. The van der Waals surface area contributed by atoms with Crippen LogP contribution >= 0.6 is 0 Å². The Hall–Kier alpha value is -1.11. The molecule has 0 aliphatic rings. The number of aromatic nitrogens is 1. The van der Waals surface area contributed by atoms with Crippen LogP contribution in [0.2, 0.25) is 0 Å². The van der Waals surface area contributed by atoms with Crippen LogP contribution in [0.25, 0.3) is 6.08 Å². The van der Waals surface area contributed by atoms with Gasteiger partial charge in [0, 0.05) is 6.20 Å². The average molecular weight is 161 g/mol. The molecule has 0 amide bonds. The summed E-state index contributed by atoms with van der Waals surface area (Å²) < 4.78 is 0. The second-order valence-electron chi connectivity index (χ2n) is 3.92. The van der Waals surface area contributed by atoms with Gasteiger partial charge in [0.05, 0.1) is 5.69 Å². The second-order valence-corrected chi connectivity index (χ2v) is 3.92. The van der Waals surface area contributed by atoms with E-state index in [4.69, 9.17) is 0 Å². The third-order valence-electron chi connectivity index (χ3n) is 1.86. The van der Waals surface area contributed by atoms with Crippen molar-refractivity contribution in [3.8, 4) is 0 Å². The molecule has 1 rings (SSSR count). The molecule has 0 N–H and O–H groups in total. The van der Waals surface area contributed by atoms with Crippen molar-refractivity contribution in [2.45, 2.75) is 26.2 Å². The fourth-order valence-electron chi connectivity index (χ4n) is 1.03. The molecule has 0 aromatic carbocycles. The first kappa shape index (κ1) is 8.98. The van der Waals surface area contributed by atoms with Crippen molar-refractivity contribution in [3.63, 3.8) is 0 Å². The number of hydrogen-bond donors (Lipinski definition) is 0. The van der Waals surface area contributed by atoms with Gasteiger partial charge >= 0.3 is 0 Å². The van der Waals surface area contributed by atoms with Crippen LogP contribution in [0.5, 0.6) is 0 Å². The molecule has 0 radical (unpaired) electrons. The monoisotopic (exact) mass is 161 g/mol. The van der Waals surface area contributed by atoms with Crippen LogP contribution in [-0.2, 0) is 5.41 Å². The number of nitrogens with zero attached hydrogens (tertiary/aromatic N) is 1. The van der Waals surface area contributed by atoms with E-state index in [9.17, 15) is 0 Å². The molecule has 0 bridgehead atoms. The van der Waals surface area contributed by atoms with Crippen molar-refractivity contribution in [3.05, 3.63) is 36.2 Å². The summed E-state index contributed by atoms with van der Waals surface area (Å²) in [5.74, 6) is 0. The highest BCUT2D eigenvalue weighted by Crippen LogP contribution is 2.21. The largest absolute Gasteiger partial charge is 0.257 e. The van der Waals surface area contributed by atoms with E-state index in [-0.39, 0.29) is 5.41 Å². The van der Waals surface area contributed by atoms with Gasteiger partial charge in [-0.3, -0.25) is 4.98 Å². The van der Waals surface area contributed by atoms with Crippen LogP contribution in [0, 0.1) is 0 Å². The van der Waals surface area contributed by atoms with E-state index >= 15 is 0 Å². The van der Waals surface area contributed by atoms with Gasteiger partial charge in [-0.25, -0.2) is 0 Å². The van der Waals surface area contributed by atoms with Gasteiger partial charge in [-0.15, -0.1) is 0 Å². The van der Waals surface area contributed by atoms with E-state index in [0.717, 1.165) is 5.69 Å². The summed E-state index contributed by atoms with van der Waals surface area (Å²) in [5.41, 5.74) is 2.44. The molecule has 1 aromatic rings. The van der Waals surface area contributed by atoms with Crippen molar-refractivity contribution < 1.29 is 0 Å². The van der Waals surface area contributed by atoms with Crippen molar-refractivity contribution in [2.75, 3.05) is 0 Å². The average Bonchev–Trinajstić information content (AvgIpc) is 2.03. The van der Waals surface area contributed by atoms with Crippen LogP contribution in [-0.4, -0.2) is 4.98 Å². The van der Waals surface area contributed by atoms with Crippen LogP contribution in [0.1, 0.15) is 32.0 Å². The summed E-state index contributed by atoms with van der Waals surface area (Å²) in [6.07, 6.45) is 3.60. The Balaban J connectivity index is 3.10. The number of hydrogen-bond acceptors (Lipinski definition) is 1. The first-order valence-electron chi connectivity index (χ1n) is 4.13. The van der Waals surface area contributed by atoms with Crippen LogP contribution in [0.3, 0.4) is 0 Å². The van der Waals surface area contributed by atoms with Crippen LogP contribution in [0.4, 0.5) is 0 Å². The molecule has 0 unspecified atom stereocenters. The quantitative estimate of drug-likeness (QED) is 0.617. The normalized spacial score (nSPS) is 11.2. The Morgan fingerprint density at radius 2 is 2.08 bits per heavy atom. The molecule has 0 fully saturated rings. The van der Waals surface area contributed by atoms with E-state index in [2.05, 4.69) is 38.4 Å². The standard InChI is InChI=1S/C11H15N/c1-5-10-8-9(6-7-12-10)11(2,3)4/h5-8H,1H2,2-4H3. The lowest BCUT2D eigenvalue weighted by Crippen LogP contribution is -2.11. The van der Waals surface area contributed by atoms with Gasteiger partial charge in [0.1, 0.15) is 0 Å². The topological polar surface area (TPSA) is 12.9 Å². The zero-order valence-electron chi connectivity index (χ0n) is 7.96. The second kappa shape index (κ2) is 3.10. The molecule has 64 valence electrons. The predicted molar refractivity (Wildman–Crippen MR) is 53.0 cm³/mol. The molecule has 0 spiro atoms. The molecule has 0 atom stereocenters. The zero-order chi connectivity index (χ0) is 9.19. The molecule has 12 heavy (non-hydrogen) atoms. The summed E-state index contributed by atoms with van der Waals surface area (Å²) >= 11 is 0.